The van der Waals surface area contributed by atoms with Crippen LogP contribution in [0.3, 0.4) is 0 Å². The van der Waals surface area contributed by atoms with Crippen LogP contribution in [-0.4, -0.2) is 44.7 Å². The summed E-state index contributed by atoms with van der Waals surface area (Å²) in [4.78, 5) is 4.54. The molecule has 0 spiro atoms. The minimum Gasteiger partial charge on any atom is -0.494 e. The smallest absolute Gasteiger partial charge is 0.145 e. The molecule has 0 atom stereocenters. The minimum atomic E-state index is 0.0203. The number of methoxy groups -OCH3 is 1. The van der Waals surface area contributed by atoms with Crippen molar-refractivity contribution in [1.29, 1.82) is 5.26 Å². The highest BCUT2D eigenvalue weighted by Crippen LogP contribution is 2.41. The fourth-order valence-electron chi connectivity index (χ4n) is 2.83. The molecule has 5 heteroatoms. The quantitative estimate of drug-likeness (QED) is 0.769. The molecule has 1 aromatic rings. The van der Waals surface area contributed by atoms with Gasteiger partial charge in [0.1, 0.15) is 5.75 Å². The van der Waals surface area contributed by atoms with Gasteiger partial charge in [-0.15, -0.1) is 0 Å². The highest BCUT2D eigenvalue weighted by molar-refractivity contribution is 9.10. The predicted octanol–water partition coefficient (Wildman–Crippen LogP) is 3.40. The summed E-state index contributed by atoms with van der Waals surface area (Å²) in [6, 6.07) is 6.51. The van der Waals surface area contributed by atoms with Gasteiger partial charge in [-0.05, 0) is 17.5 Å². The maximum Gasteiger partial charge on any atom is 0.145 e. The standard InChI is InChI=1S/C17H24BrN3O/c1-17(2,3)14-11-13(18)12-15(16(14)22-4)21-9-7-20(6-5-19)8-10-21/h11-12H,6-10H2,1-4H3. The van der Waals surface area contributed by atoms with Gasteiger partial charge in [0.05, 0.1) is 25.4 Å². The lowest BCUT2D eigenvalue weighted by Crippen LogP contribution is -2.46. The van der Waals surface area contributed by atoms with Gasteiger partial charge < -0.3 is 9.64 Å². The molecule has 0 amide bonds. The summed E-state index contributed by atoms with van der Waals surface area (Å²) in [5.41, 5.74) is 2.37. The average molecular weight is 366 g/mol. The first kappa shape index (κ1) is 17.1. The van der Waals surface area contributed by atoms with E-state index in [9.17, 15) is 0 Å². The third kappa shape index (κ3) is 3.74. The number of anilines is 1. The number of ether oxygens (including phenoxy) is 1. The van der Waals surface area contributed by atoms with Crippen LogP contribution in [0.15, 0.2) is 16.6 Å². The van der Waals surface area contributed by atoms with Gasteiger partial charge in [0.25, 0.3) is 0 Å². The van der Waals surface area contributed by atoms with Crippen LogP contribution in [0.5, 0.6) is 5.75 Å². The van der Waals surface area contributed by atoms with E-state index < -0.39 is 0 Å². The van der Waals surface area contributed by atoms with Crippen molar-refractivity contribution in [3.8, 4) is 11.8 Å². The minimum absolute atomic E-state index is 0.0203. The zero-order chi connectivity index (χ0) is 16.3. The first-order valence-corrected chi connectivity index (χ1v) is 8.38. The van der Waals surface area contributed by atoms with E-state index in [-0.39, 0.29) is 5.41 Å². The number of hydrogen-bond donors (Lipinski definition) is 0. The molecule has 0 saturated carbocycles. The molecule has 120 valence electrons. The number of benzene rings is 1. The number of rotatable bonds is 3. The van der Waals surface area contributed by atoms with Crippen molar-refractivity contribution in [2.75, 3.05) is 44.7 Å². The van der Waals surface area contributed by atoms with Crippen molar-refractivity contribution in [1.82, 2.24) is 4.90 Å². The Hall–Kier alpha value is -1.25. The van der Waals surface area contributed by atoms with Crippen molar-refractivity contribution in [3.05, 3.63) is 22.2 Å². The van der Waals surface area contributed by atoms with E-state index in [4.69, 9.17) is 10.00 Å². The molecule has 1 aromatic carbocycles. The van der Waals surface area contributed by atoms with Crippen LogP contribution in [0.25, 0.3) is 0 Å². The lowest BCUT2D eigenvalue weighted by Gasteiger charge is -2.37. The predicted molar refractivity (Wildman–Crippen MR) is 93.7 cm³/mol. The average Bonchev–Trinajstić information content (AvgIpc) is 2.46. The first-order chi connectivity index (χ1) is 10.4. The van der Waals surface area contributed by atoms with Crippen molar-refractivity contribution in [2.24, 2.45) is 0 Å². The zero-order valence-corrected chi connectivity index (χ0v) is 15.4. The maximum atomic E-state index is 8.81. The molecule has 22 heavy (non-hydrogen) atoms. The van der Waals surface area contributed by atoms with Crippen LogP contribution >= 0.6 is 15.9 Å². The zero-order valence-electron chi connectivity index (χ0n) is 13.8. The van der Waals surface area contributed by atoms with Crippen molar-refractivity contribution in [2.45, 2.75) is 26.2 Å². The Balaban J connectivity index is 2.32. The van der Waals surface area contributed by atoms with Crippen molar-refractivity contribution < 1.29 is 4.74 Å². The fraction of sp³-hybridized carbons (Fsp3) is 0.588. The maximum absolute atomic E-state index is 8.81. The normalized spacial score (nSPS) is 16.5. The van der Waals surface area contributed by atoms with E-state index in [0.29, 0.717) is 6.54 Å². The molecule has 0 unspecified atom stereocenters. The van der Waals surface area contributed by atoms with Crippen LogP contribution in [0.2, 0.25) is 0 Å². The highest BCUT2D eigenvalue weighted by atomic mass is 79.9. The summed E-state index contributed by atoms with van der Waals surface area (Å²) >= 11 is 3.64. The van der Waals surface area contributed by atoms with Crippen LogP contribution in [0.4, 0.5) is 5.69 Å². The Bertz CT molecular complexity index is 566. The molecule has 0 aromatic heterocycles. The van der Waals surface area contributed by atoms with Crippen LogP contribution in [0.1, 0.15) is 26.3 Å². The fourth-order valence-corrected chi connectivity index (χ4v) is 3.28. The number of nitrogens with zero attached hydrogens (tertiary/aromatic N) is 3. The summed E-state index contributed by atoms with van der Waals surface area (Å²) in [7, 11) is 1.74. The summed E-state index contributed by atoms with van der Waals surface area (Å²) in [5, 5.41) is 8.81. The first-order valence-electron chi connectivity index (χ1n) is 7.59. The third-order valence-electron chi connectivity index (χ3n) is 4.05. The molecule has 1 aliphatic heterocycles. The van der Waals surface area contributed by atoms with Gasteiger partial charge in [-0.1, -0.05) is 36.7 Å². The molecular formula is C17H24BrN3O. The topological polar surface area (TPSA) is 39.5 Å². The Kier molecular flexibility index (Phi) is 5.36. The molecule has 2 rings (SSSR count). The molecule has 0 radical (unpaired) electrons. The molecule has 4 nitrogen and oxygen atoms in total. The highest BCUT2D eigenvalue weighted by Gasteiger charge is 2.26. The third-order valence-corrected chi connectivity index (χ3v) is 4.51. The van der Waals surface area contributed by atoms with E-state index >= 15 is 0 Å². The lowest BCUT2D eigenvalue weighted by atomic mass is 9.86. The summed E-state index contributed by atoms with van der Waals surface area (Å²) < 4.78 is 6.83. The van der Waals surface area contributed by atoms with Crippen molar-refractivity contribution in [3.63, 3.8) is 0 Å². The molecule has 1 heterocycles. The Morgan fingerprint density at radius 1 is 1.23 bits per heavy atom. The summed E-state index contributed by atoms with van der Waals surface area (Å²) in [6.07, 6.45) is 0. The second-order valence-electron chi connectivity index (χ2n) is 6.68. The van der Waals surface area contributed by atoms with Crippen LogP contribution in [-0.2, 0) is 5.41 Å². The van der Waals surface area contributed by atoms with Crippen molar-refractivity contribution >= 4 is 21.6 Å². The van der Waals surface area contributed by atoms with Gasteiger partial charge in [-0.25, -0.2) is 0 Å². The number of piperazine rings is 1. The molecule has 1 saturated heterocycles. The molecular weight excluding hydrogens is 342 g/mol. The molecule has 0 bridgehead atoms. The summed E-state index contributed by atoms with van der Waals surface area (Å²) in [5.74, 6) is 0.962. The van der Waals surface area contributed by atoms with Gasteiger partial charge in [0.15, 0.2) is 0 Å². The molecule has 0 N–H and O–H groups in total. The Labute approximate surface area is 141 Å². The molecule has 1 aliphatic rings. The number of hydrogen-bond acceptors (Lipinski definition) is 4. The molecule has 0 aliphatic carbocycles. The molecule has 1 fully saturated rings. The van der Waals surface area contributed by atoms with Crippen LogP contribution in [0, 0.1) is 11.3 Å². The van der Waals surface area contributed by atoms with E-state index in [1.165, 1.54) is 5.56 Å². The van der Waals surface area contributed by atoms with E-state index in [2.05, 4.69) is 64.7 Å². The number of nitriles is 1. The van der Waals surface area contributed by atoms with Gasteiger partial charge in [0.2, 0.25) is 0 Å². The van der Waals surface area contributed by atoms with Gasteiger partial charge >= 0.3 is 0 Å². The van der Waals surface area contributed by atoms with Gasteiger partial charge in [-0.3, -0.25) is 4.90 Å². The second-order valence-corrected chi connectivity index (χ2v) is 7.59. The van der Waals surface area contributed by atoms with Gasteiger partial charge in [0, 0.05) is 36.2 Å². The number of halogens is 1. The Morgan fingerprint density at radius 3 is 2.36 bits per heavy atom. The van der Waals surface area contributed by atoms with E-state index in [1.54, 1.807) is 7.11 Å². The monoisotopic (exact) mass is 365 g/mol. The summed E-state index contributed by atoms with van der Waals surface area (Å²) in [6.45, 7) is 10.8. The SMILES string of the molecule is COc1c(N2CCN(CC#N)CC2)cc(Br)cc1C(C)(C)C. The Morgan fingerprint density at radius 2 is 1.86 bits per heavy atom. The largest absolute Gasteiger partial charge is 0.494 e. The van der Waals surface area contributed by atoms with Gasteiger partial charge in [-0.2, -0.15) is 5.26 Å². The lowest BCUT2D eigenvalue weighted by molar-refractivity contribution is 0.285. The second kappa shape index (κ2) is 6.89. The van der Waals surface area contributed by atoms with E-state index in [0.717, 1.165) is 42.1 Å². The van der Waals surface area contributed by atoms with E-state index in [1.807, 2.05) is 0 Å². The van der Waals surface area contributed by atoms with Crippen LogP contribution < -0.4 is 9.64 Å².